The summed E-state index contributed by atoms with van der Waals surface area (Å²) in [6.07, 6.45) is 3.52. The maximum Gasteiger partial charge on any atom is 0.305 e. The lowest BCUT2D eigenvalue weighted by molar-refractivity contribution is -0.156. The summed E-state index contributed by atoms with van der Waals surface area (Å²) in [4.78, 5) is 12.4. The predicted octanol–water partition coefficient (Wildman–Crippen LogP) is 4.36. The van der Waals surface area contributed by atoms with E-state index in [1.165, 1.54) is 12.8 Å². The highest BCUT2D eigenvalue weighted by molar-refractivity contribution is 6.22. The first kappa shape index (κ1) is 20.7. The second-order valence-corrected chi connectivity index (χ2v) is 11.0. The molecule has 0 spiro atoms. The molecule has 0 saturated heterocycles. The van der Waals surface area contributed by atoms with Crippen LogP contribution in [0.15, 0.2) is 0 Å². The van der Waals surface area contributed by atoms with E-state index in [4.69, 9.17) is 4.74 Å². The van der Waals surface area contributed by atoms with E-state index >= 15 is 0 Å². The van der Waals surface area contributed by atoms with Gasteiger partial charge in [-0.1, -0.05) is 48.0 Å². The monoisotopic (exact) mass is 314 g/mol. The Balaban J connectivity index is 4.80. The number of esters is 1. The number of hydrogen-bond donors (Lipinski definition) is 0. The molecule has 0 rings (SSSR count). The summed E-state index contributed by atoms with van der Waals surface area (Å²) in [6, 6.07) is 0. The quantitative estimate of drug-likeness (QED) is 0.556. The highest BCUT2D eigenvalue weighted by atomic mass is 28.1. The molecule has 0 bridgehead atoms. The van der Waals surface area contributed by atoms with Crippen molar-refractivity contribution in [1.29, 1.82) is 0 Å². The maximum atomic E-state index is 12.4. The Labute approximate surface area is 135 Å². The third-order valence-electron chi connectivity index (χ3n) is 3.94. The first-order chi connectivity index (χ1) is 9.13. The van der Waals surface area contributed by atoms with Gasteiger partial charge in [0.2, 0.25) is 0 Å². The van der Waals surface area contributed by atoms with Gasteiger partial charge in [-0.25, -0.2) is 0 Å². The smallest absolute Gasteiger partial charge is 0.305 e. The van der Waals surface area contributed by atoms with Crippen LogP contribution in [0.3, 0.4) is 0 Å². The zero-order valence-corrected chi connectivity index (χ0v) is 18.1. The van der Waals surface area contributed by atoms with Gasteiger partial charge in [0.15, 0.2) is 0 Å². The van der Waals surface area contributed by atoms with Crippen molar-refractivity contribution >= 4 is 16.2 Å². The highest BCUT2D eigenvalue weighted by Gasteiger charge is 2.35. The number of ether oxygens (including phenoxy) is 1. The van der Waals surface area contributed by atoms with E-state index in [1.807, 2.05) is 20.8 Å². The summed E-state index contributed by atoms with van der Waals surface area (Å²) in [5, 5.41) is 0. The van der Waals surface area contributed by atoms with Gasteiger partial charge in [0.25, 0.3) is 0 Å². The summed E-state index contributed by atoms with van der Waals surface area (Å²) in [7, 11) is 0.862. The fourth-order valence-corrected chi connectivity index (χ4v) is 4.30. The van der Waals surface area contributed by atoms with Gasteiger partial charge in [-0.2, -0.15) is 0 Å². The minimum absolute atomic E-state index is 0.00449. The van der Waals surface area contributed by atoms with Crippen molar-refractivity contribution < 1.29 is 9.53 Å². The molecule has 0 saturated carbocycles. The van der Waals surface area contributed by atoms with Gasteiger partial charge in [0.05, 0.1) is 0 Å². The third kappa shape index (κ3) is 9.33. The van der Waals surface area contributed by atoms with Crippen molar-refractivity contribution in [3.8, 4) is 0 Å². The lowest BCUT2D eigenvalue weighted by Gasteiger charge is -2.36. The molecule has 0 fully saturated rings. The summed E-state index contributed by atoms with van der Waals surface area (Å²) >= 11 is 0. The molecule has 0 N–H and O–H groups in total. The van der Waals surface area contributed by atoms with E-state index in [9.17, 15) is 4.79 Å². The standard InChI is InChI=1S/C18H38O2Si/c1-16(2,3)12-10-11-13(17(4,5)6)14(21)15(19)20-18(7,8)9/h13-14H,10-12H2,1-9,21H3. The van der Waals surface area contributed by atoms with E-state index in [0.717, 1.165) is 16.7 Å². The normalized spacial score (nSPS) is 16.6. The molecule has 0 aliphatic heterocycles. The van der Waals surface area contributed by atoms with Crippen LogP contribution in [0.5, 0.6) is 0 Å². The van der Waals surface area contributed by atoms with Crippen molar-refractivity contribution in [1.82, 2.24) is 0 Å². The summed E-state index contributed by atoms with van der Waals surface area (Å²) in [5.41, 5.74) is 0.230. The van der Waals surface area contributed by atoms with Crippen LogP contribution >= 0.6 is 0 Å². The van der Waals surface area contributed by atoms with E-state index in [2.05, 4.69) is 41.5 Å². The molecule has 21 heavy (non-hydrogen) atoms. The van der Waals surface area contributed by atoms with Gasteiger partial charge < -0.3 is 4.74 Å². The molecule has 0 amide bonds. The molecule has 2 nitrogen and oxygen atoms in total. The van der Waals surface area contributed by atoms with Gasteiger partial charge in [-0.15, -0.1) is 0 Å². The lowest BCUT2D eigenvalue weighted by Crippen LogP contribution is -2.34. The highest BCUT2D eigenvalue weighted by Crippen LogP contribution is 2.40. The minimum Gasteiger partial charge on any atom is -0.460 e. The molecule has 0 radical (unpaired) electrons. The predicted molar refractivity (Wildman–Crippen MR) is 95.8 cm³/mol. The second-order valence-electron chi connectivity index (χ2n) is 9.75. The molecule has 0 aromatic heterocycles. The molecule has 2 atom stereocenters. The van der Waals surface area contributed by atoms with Crippen molar-refractivity contribution in [2.45, 2.75) is 92.7 Å². The molecule has 0 aliphatic rings. The first-order valence-corrected chi connectivity index (χ1v) is 9.52. The average molecular weight is 315 g/mol. The maximum absolute atomic E-state index is 12.4. The van der Waals surface area contributed by atoms with E-state index in [1.54, 1.807) is 0 Å². The fourth-order valence-electron chi connectivity index (χ4n) is 2.84. The largest absolute Gasteiger partial charge is 0.460 e. The van der Waals surface area contributed by atoms with E-state index in [0.29, 0.717) is 11.3 Å². The van der Waals surface area contributed by atoms with Crippen LogP contribution in [-0.2, 0) is 9.53 Å². The number of carbonyl (C=O) groups excluding carboxylic acids is 1. The summed E-state index contributed by atoms with van der Waals surface area (Å²) < 4.78 is 5.62. The van der Waals surface area contributed by atoms with Crippen LogP contribution in [0.2, 0.25) is 5.54 Å². The molecule has 0 heterocycles. The molecule has 0 aromatic rings. The molecule has 3 heteroatoms. The molecule has 2 unspecified atom stereocenters. The van der Waals surface area contributed by atoms with Gasteiger partial charge in [-0.05, 0) is 50.4 Å². The Bertz CT molecular complexity index is 329. The summed E-state index contributed by atoms with van der Waals surface area (Å²) in [5.74, 6) is 0.422. The van der Waals surface area contributed by atoms with E-state index in [-0.39, 0.29) is 22.5 Å². The van der Waals surface area contributed by atoms with Gasteiger partial charge >= 0.3 is 5.97 Å². The topological polar surface area (TPSA) is 26.3 Å². The number of rotatable bonds is 5. The third-order valence-corrected chi connectivity index (χ3v) is 5.21. The zero-order chi connectivity index (χ0) is 17.1. The molecular formula is C18H38O2Si. The second kappa shape index (κ2) is 7.30. The number of carbonyl (C=O) groups is 1. The molecule has 0 aromatic carbocycles. The Kier molecular flexibility index (Phi) is 7.19. The van der Waals surface area contributed by atoms with Crippen LogP contribution < -0.4 is 0 Å². The number of hydrogen-bond acceptors (Lipinski definition) is 2. The van der Waals surface area contributed by atoms with Crippen LogP contribution in [0.4, 0.5) is 0 Å². The van der Waals surface area contributed by atoms with Crippen LogP contribution in [0, 0.1) is 16.7 Å². The lowest BCUT2D eigenvalue weighted by atomic mass is 9.74. The van der Waals surface area contributed by atoms with Gasteiger partial charge in [0.1, 0.15) is 5.60 Å². The van der Waals surface area contributed by atoms with Crippen molar-refractivity contribution in [2.24, 2.45) is 16.7 Å². The van der Waals surface area contributed by atoms with Gasteiger partial charge in [-0.3, -0.25) is 4.79 Å². The molecular weight excluding hydrogens is 276 g/mol. The Morgan fingerprint density at radius 1 is 1.00 bits per heavy atom. The Morgan fingerprint density at radius 3 is 1.81 bits per heavy atom. The Morgan fingerprint density at radius 2 is 1.48 bits per heavy atom. The minimum atomic E-state index is -0.381. The van der Waals surface area contributed by atoms with Crippen molar-refractivity contribution in [3.63, 3.8) is 0 Å². The Hall–Kier alpha value is -0.313. The van der Waals surface area contributed by atoms with Gasteiger partial charge in [0, 0.05) is 15.8 Å². The van der Waals surface area contributed by atoms with Crippen LogP contribution in [0.1, 0.15) is 81.6 Å². The van der Waals surface area contributed by atoms with E-state index < -0.39 is 0 Å². The van der Waals surface area contributed by atoms with Crippen molar-refractivity contribution in [2.75, 3.05) is 0 Å². The molecule has 126 valence electrons. The van der Waals surface area contributed by atoms with Crippen LogP contribution in [0.25, 0.3) is 0 Å². The summed E-state index contributed by atoms with van der Waals surface area (Å²) in [6.45, 7) is 19.5. The van der Waals surface area contributed by atoms with Crippen molar-refractivity contribution in [3.05, 3.63) is 0 Å². The molecule has 0 aliphatic carbocycles. The van der Waals surface area contributed by atoms with Crippen LogP contribution in [-0.4, -0.2) is 21.8 Å². The SMILES string of the molecule is CC(C)(C)CCCC(C([SiH3])C(=O)OC(C)(C)C)C(C)(C)C. The first-order valence-electron chi connectivity index (χ1n) is 8.36. The average Bonchev–Trinajstić information content (AvgIpc) is 2.17. The zero-order valence-electron chi connectivity index (χ0n) is 16.1. The fraction of sp³-hybridized carbons (Fsp3) is 0.944.